The third-order valence-electron chi connectivity index (χ3n) is 2.85. The molecular weight excluding hydrogens is 312 g/mol. The summed E-state index contributed by atoms with van der Waals surface area (Å²) >= 11 is 11.9. The van der Waals surface area contributed by atoms with E-state index in [1.165, 1.54) is 6.07 Å². The van der Waals surface area contributed by atoms with E-state index in [-0.39, 0.29) is 10.8 Å². The molecule has 2 aromatic rings. The van der Waals surface area contributed by atoms with Crippen LogP contribution in [-0.2, 0) is 6.54 Å². The van der Waals surface area contributed by atoms with Gasteiger partial charge in [-0.05, 0) is 29.8 Å². The fraction of sp³-hybridized carbons (Fsp3) is 0.250. The highest BCUT2D eigenvalue weighted by molar-refractivity contribution is 6.42. The Morgan fingerprint density at radius 1 is 1.14 bits per heavy atom. The summed E-state index contributed by atoms with van der Waals surface area (Å²) in [5.41, 5.74) is 0.853. The van der Waals surface area contributed by atoms with E-state index in [0.29, 0.717) is 23.4 Å². The Kier molecular flexibility index (Phi) is 5.45. The standard InChI is InChI=1S/C16H16Cl2FNO/c1-10(2)20-9-11-6-7-14(13(19)8-11)21-15-5-3-4-12(17)16(15)18/h3-8,10,20H,9H2,1-2H3. The van der Waals surface area contributed by atoms with E-state index in [0.717, 1.165) is 5.56 Å². The van der Waals surface area contributed by atoms with Crippen molar-refractivity contribution in [3.8, 4) is 11.5 Å². The smallest absolute Gasteiger partial charge is 0.166 e. The summed E-state index contributed by atoms with van der Waals surface area (Å²) in [6, 6.07) is 10.2. The first-order valence-electron chi connectivity index (χ1n) is 6.61. The van der Waals surface area contributed by atoms with Crippen LogP contribution in [0.5, 0.6) is 11.5 Å². The number of benzene rings is 2. The van der Waals surface area contributed by atoms with Crippen LogP contribution in [-0.4, -0.2) is 6.04 Å². The molecule has 112 valence electrons. The van der Waals surface area contributed by atoms with Crippen molar-refractivity contribution in [1.29, 1.82) is 0 Å². The lowest BCUT2D eigenvalue weighted by atomic mass is 10.2. The van der Waals surface area contributed by atoms with Gasteiger partial charge in [-0.1, -0.05) is 49.2 Å². The Morgan fingerprint density at radius 3 is 2.57 bits per heavy atom. The van der Waals surface area contributed by atoms with Gasteiger partial charge in [0.05, 0.1) is 5.02 Å². The fourth-order valence-corrected chi connectivity index (χ4v) is 2.07. The van der Waals surface area contributed by atoms with Crippen LogP contribution in [0.4, 0.5) is 4.39 Å². The molecule has 1 N–H and O–H groups in total. The minimum atomic E-state index is -0.436. The van der Waals surface area contributed by atoms with Crippen LogP contribution in [0.1, 0.15) is 19.4 Å². The van der Waals surface area contributed by atoms with Crippen LogP contribution in [0, 0.1) is 5.82 Å². The lowest BCUT2D eigenvalue weighted by molar-refractivity contribution is 0.441. The molecule has 0 aliphatic rings. The van der Waals surface area contributed by atoms with Crippen molar-refractivity contribution in [2.45, 2.75) is 26.4 Å². The van der Waals surface area contributed by atoms with Gasteiger partial charge in [-0.15, -0.1) is 0 Å². The Morgan fingerprint density at radius 2 is 1.90 bits per heavy atom. The lowest BCUT2D eigenvalue weighted by Crippen LogP contribution is -2.21. The van der Waals surface area contributed by atoms with Crippen molar-refractivity contribution in [2.75, 3.05) is 0 Å². The van der Waals surface area contributed by atoms with E-state index < -0.39 is 5.82 Å². The van der Waals surface area contributed by atoms with E-state index in [9.17, 15) is 4.39 Å². The first-order valence-corrected chi connectivity index (χ1v) is 7.36. The first-order chi connectivity index (χ1) is 9.97. The summed E-state index contributed by atoms with van der Waals surface area (Å²) in [7, 11) is 0. The predicted octanol–water partition coefficient (Wildman–Crippen LogP) is 5.42. The molecule has 21 heavy (non-hydrogen) atoms. The number of nitrogens with one attached hydrogen (secondary N) is 1. The molecular formula is C16H16Cl2FNO. The zero-order chi connectivity index (χ0) is 15.4. The van der Waals surface area contributed by atoms with Gasteiger partial charge in [0.2, 0.25) is 0 Å². The highest BCUT2D eigenvalue weighted by Crippen LogP contribution is 2.35. The fourth-order valence-electron chi connectivity index (χ4n) is 1.74. The maximum atomic E-state index is 14.1. The minimum Gasteiger partial charge on any atom is -0.453 e. The van der Waals surface area contributed by atoms with Crippen molar-refractivity contribution in [2.24, 2.45) is 0 Å². The second kappa shape index (κ2) is 7.12. The van der Waals surface area contributed by atoms with Crippen LogP contribution < -0.4 is 10.1 Å². The van der Waals surface area contributed by atoms with Gasteiger partial charge < -0.3 is 10.1 Å². The molecule has 2 aromatic carbocycles. The maximum absolute atomic E-state index is 14.1. The molecule has 0 fully saturated rings. The molecule has 0 heterocycles. The number of hydrogen-bond acceptors (Lipinski definition) is 2. The molecule has 0 aliphatic carbocycles. The van der Waals surface area contributed by atoms with Crippen LogP contribution in [0.15, 0.2) is 36.4 Å². The van der Waals surface area contributed by atoms with E-state index >= 15 is 0 Å². The molecule has 0 aromatic heterocycles. The molecule has 0 saturated heterocycles. The van der Waals surface area contributed by atoms with E-state index in [2.05, 4.69) is 5.32 Å². The van der Waals surface area contributed by atoms with Crippen LogP contribution in [0.3, 0.4) is 0 Å². The molecule has 0 spiro atoms. The van der Waals surface area contributed by atoms with Gasteiger partial charge in [-0.3, -0.25) is 0 Å². The van der Waals surface area contributed by atoms with Crippen molar-refractivity contribution >= 4 is 23.2 Å². The summed E-state index contributed by atoms with van der Waals surface area (Å²) in [5, 5.41) is 3.86. The number of hydrogen-bond donors (Lipinski definition) is 1. The van der Waals surface area contributed by atoms with Gasteiger partial charge >= 0.3 is 0 Å². The molecule has 0 amide bonds. The third-order valence-corrected chi connectivity index (χ3v) is 3.65. The zero-order valence-corrected chi connectivity index (χ0v) is 13.3. The van der Waals surface area contributed by atoms with Gasteiger partial charge in [0.25, 0.3) is 0 Å². The average Bonchev–Trinajstić information content (AvgIpc) is 2.44. The quantitative estimate of drug-likeness (QED) is 0.791. The van der Waals surface area contributed by atoms with Crippen molar-refractivity contribution in [3.63, 3.8) is 0 Å². The number of halogens is 3. The third kappa shape index (κ3) is 4.34. The van der Waals surface area contributed by atoms with E-state index in [4.69, 9.17) is 27.9 Å². The highest BCUT2D eigenvalue weighted by atomic mass is 35.5. The van der Waals surface area contributed by atoms with Gasteiger partial charge in [0, 0.05) is 12.6 Å². The number of ether oxygens (including phenoxy) is 1. The molecule has 0 unspecified atom stereocenters. The van der Waals surface area contributed by atoms with Crippen molar-refractivity contribution in [1.82, 2.24) is 5.32 Å². The summed E-state index contributed by atoms with van der Waals surface area (Å²) in [4.78, 5) is 0. The largest absolute Gasteiger partial charge is 0.453 e. The normalized spacial score (nSPS) is 11.0. The summed E-state index contributed by atoms with van der Waals surface area (Å²) in [5.74, 6) is 0.0117. The molecule has 0 saturated carbocycles. The molecule has 5 heteroatoms. The molecule has 2 rings (SSSR count). The second-order valence-corrected chi connectivity index (χ2v) is 5.74. The topological polar surface area (TPSA) is 21.3 Å². The Bertz CT molecular complexity index is 632. The highest BCUT2D eigenvalue weighted by Gasteiger charge is 2.10. The Labute approximate surface area is 133 Å². The number of rotatable bonds is 5. The second-order valence-electron chi connectivity index (χ2n) is 4.95. The SMILES string of the molecule is CC(C)NCc1ccc(Oc2cccc(Cl)c2Cl)c(F)c1. The maximum Gasteiger partial charge on any atom is 0.166 e. The van der Waals surface area contributed by atoms with Crippen LogP contribution in [0.25, 0.3) is 0 Å². The molecule has 0 bridgehead atoms. The van der Waals surface area contributed by atoms with Gasteiger partial charge in [0.1, 0.15) is 10.8 Å². The first kappa shape index (κ1) is 16.1. The molecule has 0 atom stereocenters. The predicted molar refractivity (Wildman–Crippen MR) is 84.9 cm³/mol. The van der Waals surface area contributed by atoms with Gasteiger partial charge in [-0.25, -0.2) is 4.39 Å². The molecule has 2 nitrogen and oxygen atoms in total. The van der Waals surface area contributed by atoms with Crippen molar-refractivity contribution < 1.29 is 9.13 Å². The van der Waals surface area contributed by atoms with E-state index in [1.807, 2.05) is 19.9 Å². The van der Waals surface area contributed by atoms with Gasteiger partial charge in [-0.2, -0.15) is 0 Å². The summed E-state index contributed by atoms with van der Waals surface area (Å²) in [6.45, 7) is 4.68. The summed E-state index contributed by atoms with van der Waals surface area (Å²) in [6.07, 6.45) is 0. The van der Waals surface area contributed by atoms with Crippen molar-refractivity contribution in [3.05, 3.63) is 57.8 Å². The molecule has 0 aliphatic heterocycles. The van der Waals surface area contributed by atoms with E-state index in [1.54, 1.807) is 24.3 Å². The monoisotopic (exact) mass is 327 g/mol. The average molecular weight is 328 g/mol. The van der Waals surface area contributed by atoms with Crippen LogP contribution >= 0.6 is 23.2 Å². The van der Waals surface area contributed by atoms with Gasteiger partial charge in [0.15, 0.2) is 11.6 Å². The lowest BCUT2D eigenvalue weighted by Gasteiger charge is -2.11. The molecule has 0 radical (unpaired) electrons. The minimum absolute atomic E-state index is 0.118. The van der Waals surface area contributed by atoms with Crippen LogP contribution in [0.2, 0.25) is 10.0 Å². The zero-order valence-electron chi connectivity index (χ0n) is 11.8. The Hall–Kier alpha value is -1.29. The summed E-state index contributed by atoms with van der Waals surface area (Å²) < 4.78 is 19.6. The Balaban J connectivity index is 2.16.